The van der Waals surface area contributed by atoms with Gasteiger partial charge in [0.1, 0.15) is 22.3 Å². The number of aromatic nitrogens is 4. The minimum atomic E-state index is 0.524. The summed E-state index contributed by atoms with van der Waals surface area (Å²) in [5, 5.41) is 11.1. The molecule has 0 aliphatic heterocycles. The average Bonchev–Trinajstić information content (AvgIpc) is 4.12. The Balaban J connectivity index is 1.02. The molecule has 11 aromatic carbocycles. The summed E-state index contributed by atoms with van der Waals surface area (Å²) in [6.07, 6.45) is 0. The number of benzene rings is 11. The van der Waals surface area contributed by atoms with Crippen molar-refractivity contribution in [3.8, 4) is 62.1 Å². The minimum Gasteiger partial charge on any atom is -0.456 e. The van der Waals surface area contributed by atoms with Gasteiger partial charge in [0.25, 0.3) is 0 Å². The summed E-state index contributed by atoms with van der Waals surface area (Å²) in [5.74, 6) is 1.63. The van der Waals surface area contributed by atoms with Crippen molar-refractivity contribution in [1.82, 2.24) is 19.5 Å². The van der Waals surface area contributed by atoms with Crippen molar-refractivity contribution in [1.29, 1.82) is 0 Å². The van der Waals surface area contributed by atoms with E-state index in [4.69, 9.17) is 23.8 Å². The summed E-state index contributed by atoms with van der Waals surface area (Å²) in [4.78, 5) is 15.7. The van der Waals surface area contributed by atoms with Gasteiger partial charge in [-0.1, -0.05) is 188 Å². The van der Waals surface area contributed by atoms with E-state index >= 15 is 0 Å². The van der Waals surface area contributed by atoms with Crippen LogP contribution in [0.3, 0.4) is 0 Å². The Morgan fingerprint density at radius 1 is 0.310 bits per heavy atom. The van der Waals surface area contributed by atoms with Crippen LogP contribution in [0.15, 0.2) is 239 Å². The van der Waals surface area contributed by atoms with Gasteiger partial charge in [0.05, 0.1) is 22.3 Å². The van der Waals surface area contributed by atoms with Gasteiger partial charge < -0.3 is 13.4 Å². The lowest BCUT2D eigenvalue weighted by molar-refractivity contribution is 0.668. The van der Waals surface area contributed by atoms with E-state index in [0.29, 0.717) is 17.5 Å². The van der Waals surface area contributed by atoms with Crippen molar-refractivity contribution in [2.45, 2.75) is 0 Å². The van der Waals surface area contributed by atoms with Gasteiger partial charge in [0, 0.05) is 60.5 Å². The second-order valence-corrected chi connectivity index (χ2v) is 18.3. The molecule has 15 rings (SSSR count). The van der Waals surface area contributed by atoms with E-state index in [1.54, 1.807) is 0 Å². The Bertz CT molecular complexity index is 4630. The number of para-hydroxylation sites is 2. The molecule has 4 aromatic heterocycles. The molecule has 0 saturated carbocycles. The molecule has 6 nitrogen and oxygen atoms in total. The predicted molar refractivity (Wildman–Crippen MR) is 291 cm³/mol. The van der Waals surface area contributed by atoms with Gasteiger partial charge >= 0.3 is 0 Å². The van der Waals surface area contributed by atoms with E-state index in [0.717, 1.165) is 94.0 Å². The fourth-order valence-corrected chi connectivity index (χ4v) is 10.9. The SMILES string of the molecule is c1ccc(-c2ccc(-c3cc4c(cc3-n3c5cc6ccccc6cc5c5ccc6ccccc6c53)oc3cccc(-c5nc(-c6ccccc6)nc(-c6cccc7c6oc6ccccc67)n5)c34)cc2)cc1. The van der Waals surface area contributed by atoms with Crippen LogP contribution in [0.25, 0.3) is 149 Å². The van der Waals surface area contributed by atoms with Crippen LogP contribution in [0.4, 0.5) is 0 Å². The molecule has 0 amide bonds. The van der Waals surface area contributed by atoms with E-state index in [1.165, 1.54) is 37.9 Å². The van der Waals surface area contributed by atoms with Gasteiger partial charge in [-0.15, -0.1) is 0 Å². The number of rotatable bonds is 6. The molecule has 6 heteroatoms. The second kappa shape index (κ2) is 15.4. The van der Waals surface area contributed by atoms with Crippen molar-refractivity contribution in [2.24, 2.45) is 0 Å². The molecule has 330 valence electrons. The second-order valence-electron chi connectivity index (χ2n) is 18.3. The van der Waals surface area contributed by atoms with Gasteiger partial charge in [0.15, 0.2) is 17.5 Å². The van der Waals surface area contributed by atoms with Crippen molar-refractivity contribution >= 4 is 87.2 Å². The first-order valence-electron chi connectivity index (χ1n) is 23.9. The lowest BCUT2D eigenvalue weighted by Gasteiger charge is -2.16. The predicted octanol–water partition coefficient (Wildman–Crippen LogP) is 17.4. The molecular formula is C65H38N4O2. The number of hydrogen-bond acceptors (Lipinski definition) is 5. The molecule has 0 aliphatic rings. The highest BCUT2D eigenvalue weighted by Gasteiger charge is 2.24. The third-order valence-electron chi connectivity index (χ3n) is 14.2. The molecule has 0 radical (unpaired) electrons. The topological polar surface area (TPSA) is 69.9 Å². The Morgan fingerprint density at radius 2 is 0.915 bits per heavy atom. The third kappa shape index (κ3) is 6.18. The van der Waals surface area contributed by atoms with Crippen molar-refractivity contribution in [3.63, 3.8) is 0 Å². The Kier molecular flexibility index (Phi) is 8.56. The quantitative estimate of drug-likeness (QED) is 0.166. The number of nitrogens with zero attached hydrogens (tertiary/aromatic N) is 4. The zero-order chi connectivity index (χ0) is 46.6. The Hall–Kier alpha value is -9.65. The monoisotopic (exact) mass is 906 g/mol. The summed E-state index contributed by atoms with van der Waals surface area (Å²) in [7, 11) is 0. The fraction of sp³-hybridized carbons (Fsp3) is 0. The first-order chi connectivity index (χ1) is 35.2. The summed E-state index contributed by atoms with van der Waals surface area (Å²) >= 11 is 0. The van der Waals surface area contributed by atoms with Crippen LogP contribution >= 0.6 is 0 Å². The normalized spacial score (nSPS) is 11.9. The molecule has 15 aromatic rings. The highest BCUT2D eigenvalue weighted by Crippen LogP contribution is 2.46. The zero-order valence-electron chi connectivity index (χ0n) is 38.0. The lowest BCUT2D eigenvalue weighted by atomic mass is 9.96. The van der Waals surface area contributed by atoms with Gasteiger partial charge in [-0.2, -0.15) is 0 Å². The maximum atomic E-state index is 7.02. The molecule has 0 spiro atoms. The third-order valence-corrected chi connectivity index (χ3v) is 14.2. The van der Waals surface area contributed by atoms with Crippen LogP contribution in [0.2, 0.25) is 0 Å². The maximum Gasteiger partial charge on any atom is 0.167 e. The summed E-state index contributed by atoms with van der Waals surface area (Å²) in [5.41, 5.74) is 13.3. The van der Waals surface area contributed by atoms with Gasteiger partial charge in [-0.25, -0.2) is 15.0 Å². The van der Waals surface area contributed by atoms with E-state index in [1.807, 2.05) is 72.8 Å². The largest absolute Gasteiger partial charge is 0.456 e. The number of furan rings is 2. The van der Waals surface area contributed by atoms with Crippen molar-refractivity contribution in [2.75, 3.05) is 0 Å². The van der Waals surface area contributed by atoms with Gasteiger partial charge in [-0.3, -0.25) is 0 Å². The van der Waals surface area contributed by atoms with Gasteiger partial charge in [-0.05, 0) is 69.2 Å². The smallest absolute Gasteiger partial charge is 0.167 e. The number of fused-ring (bicyclic) bond motifs is 12. The van der Waals surface area contributed by atoms with Crippen molar-refractivity contribution < 1.29 is 8.83 Å². The molecular weight excluding hydrogens is 869 g/mol. The molecule has 0 atom stereocenters. The standard InChI is InChI=1S/C65H38N4O2/c1-3-15-39(16-4-1)40-29-31-42(32-30-40)52-37-54-59(38-56(52)69-55-36-45-21-8-7-20-44(45)35-53(55)48-34-33-41-17-9-10-22-46(41)61(48)69)70-58-28-14-25-50(60(54)58)64-66-63(43-18-5-2-6-19-43)67-65(68-64)51-26-13-24-49-47-23-11-12-27-57(47)71-62(49)51/h1-38H. The molecule has 0 fully saturated rings. The summed E-state index contributed by atoms with van der Waals surface area (Å²) in [6, 6.07) is 81.2. The van der Waals surface area contributed by atoms with Crippen LogP contribution in [-0.2, 0) is 0 Å². The molecule has 0 aliphatic carbocycles. The Labute approximate surface area is 406 Å². The van der Waals surface area contributed by atoms with E-state index in [2.05, 4.69) is 162 Å². The van der Waals surface area contributed by atoms with E-state index in [9.17, 15) is 0 Å². The first kappa shape index (κ1) is 39.4. The van der Waals surface area contributed by atoms with Crippen LogP contribution < -0.4 is 0 Å². The molecule has 0 bridgehead atoms. The maximum absolute atomic E-state index is 7.02. The first-order valence-corrected chi connectivity index (χ1v) is 23.9. The van der Waals surface area contributed by atoms with Crippen LogP contribution in [0.5, 0.6) is 0 Å². The van der Waals surface area contributed by atoms with Crippen LogP contribution in [0.1, 0.15) is 0 Å². The lowest BCUT2D eigenvalue weighted by Crippen LogP contribution is -2.00. The minimum absolute atomic E-state index is 0.524. The van der Waals surface area contributed by atoms with E-state index in [-0.39, 0.29) is 0 Å². The molecule has 0 N–H and O–H groups in total. The average molecular weight is 907 g/mol. The van der Waals surface area contributed by atoms with Crippen molar-refractivity contribution in [3.05, 3.63) is 231 Å². The zero-order valence-corrected chi connectivity index (χ0v) is 38.0. The molecule has 0 unspecified atom stereocenters. The number of hydrogen-bond donors (Lipinski definition) is 0. The molecule has 4 heterocycles. The van der Waals surface area contributed by atoms with Gasteiger partial charge in [0.2, 0.25) is 0 Å². The molecule has 71 heavy (non-hydrogen) atoms. The fourth-order valence-electron chi connectivity index (χ4n) is 10.9. The Morgan fingerprint density at radius 3 is 1.73 bits per heavy atom. The van der Waals surface area contributed by atoms with Crippen LogP contribution in [0, 0.1) is 0 Å². The molecule has 0 saturated heterocycles. The highest BCUT2D eigenvalue weighted by molar-refractivity contribution is 6.22. The summed E-state index contributed by atoms with van der Waals surface area (Å²) < 4.78 is 16.0. The van der Waals surface area contributed by atoms with Crippen LogP contribution in [-0.4, -0.2) is 19.5 Å². The highest BCUT2D eigenvalue weighted by atomic mass is 16.3. The van der Waals surface area contributed by atoms with E-state index < -0.39 is 0 Å². The summed E-state index contributed by atoms with van der Waals surface area (Å²) in [6.45, 7) is 0.